The lowest BCUT2D eigenvalue weighted by molar-refractivity contribution is -0.176. The number of amides is 1. The Morgan fingerprint density at radius 1 is 1.35 bits per heavy atom. The Labute approximate surface area is 95.1 Å². The molecule has 0 unspecified atom stereocenters. The number of aliphatic carboxylic acids is 1. The molecule has 5 nitrogen and oxygen atoms in total. The van der Waals surface area contributed by atoms with Gasteiger partial charge in [0.15, 0.2) is 0 Å². The van der Waals surface area contributed by atoms with E-state index in [0.717, 1.165) is 0 Å². The van der Waals surface area contributed by atoms with Crippen LogP contribution in [0.5, 0.6) is 0 Å². The quantitative estimate of drug-likeness (QED) is 0.726. The molecule has 17 heavy (non-hydrogen) atoms. The van der Waals surface area contributed by atoms with Gasteiger partial charge in [0, 0.05) is 13.1 Å². The number of carbonyl (C=O) groups excluding carboxylic acids is 1. The van der Waals surface area contributed by atoms with E-state index in [1.54, 1.807) is 0 Å². The van der Waals surface area contributed by atoms with Crippen LogP contribution in [0.4, 0.5) is 13.2 Å². The Balaban J connectivity index is 2.09. The maximum absolute atomic E-state index is 11.7. The summed E-state index contributed by atoms with van der Waals surface area (Å²) in [6.45, 7) is -1.45. The number of halogens is 3. The van der Waals surface area contributed by atoms with Gasteiger partial charge < -0.3 is 14.7 Å². The molecule has 1 aliphatic rings. The number of carboxylic acid groups (broad SMARTS) is 1. The average Bonchev–Trinajstić information content (AvgIpc) is 2.07. The molecule has 1 rings (SSSR count). The number of hydrogen-bond donors (Lipinski definition) is 1. The Bertz CT molecular complexity index is 299. The van der Waals surface area contributed by atoms with Crippen molar-refractivity contribution >= 4 is 11.9 Å². The first kappa shape index (κ1) is 13.8. The van der Waals surface area contributed by atoms with E-state index < -0.39 is 24.7 Å². The summed E-state index contributed by atoms with van der Waals surface area (Å²) in [7, 11) is 0. The lowest BCUT2D eigenvalue weighted by Crippen LogP contribution is -2.53. The van der Waals surface area contributed by atoms with Crippen molar-refractivity contribution in [3.8, 4) is 0 Å². The van der Waals surface area contributed by atoms with Crippen LogP contribution in [0.3, 0.4) is 0 Å². The van der Waals surface area contributed by atoms with Crippen LogP contribution < -0.4 is 0 Å². The molecule has 1 N–H and O–H groups in total. The summed E-state index contributed by atoms with van der Waals surface area (Å²) in [5, 5.41) is 8.55. The number of likely N-dealkylation sites (tertiary alicyclic amines) is 1. The van der Waals surface area contributed by atoms with E-state index >= 15 is 0 Å². The van der Waals surface area contributed by atoms with Gasteiger partial charge in [-0.05, 0) is 0 Å². The Hall–Kier alpha value is -1.31. The van der Waals surface area contributed by atoms with Crippen molar-refractivity contribution in [2.75, 3.05) is 26.3 Å². The van der Waals surface area contributed by atoms with Gasteiger partial charge in [-0.3, -0.25) is 9.59 Å². The van der Waals surface area contributed by atoms with Gasteiger partial charge in [0.2, 0.25) is 5.91 Å². The van der Waals surface area contributed by atoms with Gasteiger partial charge in [0.05, 0.1) is 18.9 Å². The maximum atomic E-state index is 11.7. The molecule has 8 heteroatoms. The first-order chi connectivity index (χ1) is 7.79. The molecule has 0 aromatic carbocycles. The van der Waals surface area contributed by atoms with Gasteiger partial charge in [-0.1, -0.05) is 0 Å². The van der Waals surface area contributed by atoms with E-state index in [0.29, 0.717) is 0 Å². The largest absolute Gasteiger partial charge is 0.481 e. The summed E-state index contributed by atoms with van der Waals surface area (Å²) in [4.78, 5) is 23.0. The Morgan fingerprint density at radius 2 is 1.94 bits per heavy atom. The standard InChI is InChI=1S/C9H12F3NO4/c10-9(11,12)5-17-2-1-7(14)13-3-6(4-13)8(15)16/h6H,1-5H2,(H,15,16). The van der Waals surface area contributed by atoms with E-state index in [9.17, 15) is 22.8 Å². The smallest absolute Gasteiger partial charge is 0.411 e. The van der Waals surface area contributed by atoms with Gasteiger partial charge in [-0.15, -0.1) is 0 Å². The fraction of sp³-hybridized carbons (Fsp3) is 0.778. The third-order valence-corrected chi connectivity index (χ3v) is 2.31. The van der Waals surface area contributed by atoms with E-state index in [-0.39, 0.29) is 32.0 Å². The molecule has 0 radical (unpaired) electrons. The minimum atomic E-state index is -4.39. The fourth-order valence-corrected chi connectivity index (χ4v) is 1.34. The van der Waals surface area contributed by atoms with E-state index in [4.69, 9.17) is 5.11 Å². The molecule has 0 bridgehead atoms. The molecule has 0 saturated carbocycles. The van der Waals surface area contributed by atoms with E-state index in [1.165, 1.54) is 4.90 Å². The number of hydrogen-bond acceptors (Lipinski definition) is 3. The molecule has 0 atom stereocenters. The summed E-state index contributed by atoms with van der Waals surface area (Å²) in [5.74, 6) is -1.91. The van der Waals surface area contributed by atoms with Crippen molar-refractivity contribution in [2.24, 2.45) is 5.92 Å². The zero-order valence-electron chi connectivity index (χ0n) is 8.87. The molecule has 1 aliphatic heterocycles. The third-order valence-electron chi connectivity index (χ3n) is 2.31. The zero-order valence-corrected chi connectivity index (χ0v) is 8.87. The molecule has 1 heterocycles. The third kappa shape index (κ3) is 4.59. The number of ether oxygens (including phenoxy) is 1. The van der Waals surface area contributed by atoms with Crippen LogP contribution in [0.25, 0.3) is 0 Å². The molecule has 0 aliphatic carbocycles. The number of carbonyl (C=O) groups is 2. The van der Waals surface area contributed by atoms with Crippen LogP contribution in [0.15, 0.2) is 0 Å². The molecule has 0 aromatic heterocycles. The average molecular weight is 255 g/mol. The molecule has 0 spiro atoms. The molecule has 1 fully saturated rings. The van der Waals surface area contributed by atoms with Crippen LogP contribution in [0.2, 0.25) is 0 Å². The molecule has 98 valence electrons. The van der Waals surface area contributed by atoms with Gasteiger partial charge in [-0.2, -0.15) is 13.2 Å². The Kier molecular flexibility index (Phi) is 4.33. The summed E-state index contributed by atoms with van der Waals surface area (Å²) < 4.78 is 39.3. The second-order valence-corrected chi connectivity index (χ2v) is 3.75. The lowest BCUT2D eigenvalue weighted by Gasteiger charge is -2.36. The molecular weight excluding hydrogens is 243 g/mol. The number of carboxylic acids is 1. The van der Waals surface area contributed by atoms with Crippen molar-refractivity contribution in [1.82, 2.24) is 4.90 Å². The number of rotatable bonds is 5. The summed E-state index contributed by atoms with van der Waals surface area (Å²) >= 11 is 0. The van der Waals surface area contributed by atoms with E-state index in [2.05, 4.69) is 4.74 Å². The first-order valence-electron chi connectivity index (χ1n) is 4.94. The summed E-state index contributed by atoms with van der Waals surface area (Å²) in [6.07, 6.45) is -4.56. The lowest BCUT2D eigenvalue weighted by atomic mass is 10.0. The highest BCUT2D eigenvalue weighted by atomic mass is 19.4. The fourth-order valence-electron chi connectivity index (χ4n) is 1.34. The second kappa shape index (κ2) is 5.35. The van der Waals surface area contributed by atoms with Gasteiger partial charge in [0.25, 0.3) is 0 Å². The minimum Gasteiger partial charge on any atom is -0.481 e. The second-order valence-electron chi connectivity index (χ2n) is 3.75. The predicted octanol–water partition coefficient (Wildman–Crippen LogP) is 0.498. The Morgan fingerprint density at radius 3 is 2.41 bits per heavy atom. The SMILES string of the molecule is O=C(O)C1CN(C(=O)CCOCC(F)(F)F)C1. The highest BCUT2D eigenvalue weighted by molar-refractivity contribution is 5.80. The molecule has 1 amide bonds. The monoisotopic (exact) mass is 255 g/mol. The first-order valence-corrected chi connectivity index (χ1v) is 4.94. The van der Waals surface area contributed by atoms with Gasteiger partial charge >= 0.3 is 12.1 Å². The topological polar surface area (TPSA) is 66.8 Å². The van der Waals surface area contributed by atoms with E-state index in [1.807, 2.05) is 0 Å². The zero-order chi connectivity index (χ0) is 13.1. The minimum absolute atomic E-state index is 0.118. The predicted molar refractivity (Wildman–Crippen MR) is 49.2 cm³/mol. The number of alkyl halides is 3. The van der Waals surface area contributed by atoms with Crippen LogP contribution in [0.1, 0.15) is 6.42 Å². The maximum Gasteiger partial charge on any atom is 0.411 e. The number of nitrogens with zero attached hydrogens (tertiary/aromatic N) is 1. The van der Waals surface area contributed by atoms with Crippen LogP contribution >= 0.6 is 0 Å². The van der Waals surface area contributed by atoms with Crippen molar-refractivity contribution in [1.29, 1.82) is 0 Å². The van der Waals surface area contributed by atoms with Crippen molar-refractivity contribution < 1.29 is 32.6 Å². The van der Waals surface area contributed by atoms with Crippen LogP contribution in [-0.4, -0.2) is 54.4 Å². The summed E-state index contributed by atoms with van der Waals surface area (Å²) in [5.41, 5.74) is 0. The molecule has 1 saturated heterocycles. The van der Waals surface area contributed by atoms with Crippen LogP contribution in [-0.2, 0) is 14.3 Å². The van der Waals surface area contributed by atoms with Gasteiger partial charge in [-0.25, -0.2) is 0 Å². The van der Waals surface area contributed by atoms with Crippen molar-refractivity contribution in [3.63, 3.8) is 0 Å². The normalized spacial score (nSPS) is 16.8. The molecular formula is C9H12F3NO4. The molecule has 0 aromatic rings. The van der Waals surface area contributed by atoms with Gasteiger partial charge in [0.1, 0.15) is 6.61 Å². The van der Waals surface area contributed by atoms with Crippen molar-refractivity contribution in [3.05, 3.63) is 0 Å². The van der Waals surface area contributed by atoms with Crippen molar-refractivity contribution in [2.45, 2.75) is 12.6 Å². The highest BCUT2D eigenvalue weighted by Gasteiger charge is 2.35. The van der Waals surface area contributed by atoms with Crippen LogP contribution in [0, 0.1) is 5.92 Å². The summed E-state index contributed by atoms with van der Waals surface area (Å²) in [6, 6.07) is 0. The highest BCUT2D eigenvalue weighted by Crippen LogP contribution is 2.17.